The van der Waals surface area contributed by atoms with Gasteiger partial charge in [-0.25, -0.2) is 4.98 Å². The Morgan fingerprint density at radius 3 is 2.96 bits per heavy atom. The summed E-state index contributed by atoms with van der Waals surface area (Å²) in [4.78, 5) is 25.8. The third kappa shape index (κ3) is 2.88. The van der Waals surface area contributed by atoms with Crippen LogP contribution in [-0.2, 0) is 11.2 Å². The van der Waals surface area contributed by atoms with E-state index in [0.717, 1.165) is 49.0 Å². The number of likely N-dealkylation sites (tertiary alicyclic amines) is 2. The maximum Gasteiger partial charge on any atom is 0.228 e. The van der Waals surface area contributed by atoms with E-state index in [1.807, 2.05) is 28.5 Å². The molecular formula is C17H20N4OS. The number of rotatable bonds is 3. The van der Waals surface area contributed by atoms with Gasteiger partial charge in [0.05, 0.1) is 17.8 Å². The van der Waals surface area contributed by atoms with Gasteiger partial charge in [0.25, 0.3) is 0 Å². The van der Waals surface area contributed by atoms with Crippen molar-refractivity contribution in [1.29, 1.82) is 0 Å². The minimum Gasteiger partial charge on any atom is -0.342 e. The highest BCUT2D eigenvalue weighted by Gasteiger charge is 2.47. The molecule has 6 heteroatoms. The van der Waals surface area contributed by atoms with Crippen LogP contribution in [0.3, 0.4) is 0 Å². The van der Waals surface area contributed by atoms with Crippen LogP contribution in [0.5, 0.6) is 0 Å². The topological polar surface area (TPSA) is 49.3 Å². The first-order valence-electron chi connectivity index (χ1n) is 7.96. The van der Waals surface area contributed by atoms with Gasteiger partial charge in [-0.05, 0) is 25.6 Å². The second-order valence-electron chi connectivity index (χ2n) is 6.77. The Morgan fingerprint density at radius 1 is 1.35 bits per heavy atom. The predicted octanol–water partition coefficient (Wildman–Crippen LogP) is 1.91. The first-order chi connectivity index (χ1) is 11.1. The first kappa shape index (κ1) is 14.8. The molecule has 2 aromatic heterocycles. The van der Waals surface area contributed by atoms with E-state index < -0.39 is 0 Å². The Balaban J connectivity index is 1.39. The summed E-state index contributed by atoms with van der Waals surface area (Å²) in [5.41, 5.74) is 2.09. The number of thiazole rings is 1. The molecule has 4 heterocycles. The number of hydrogen-bond donors (Lipinski definition) is 0. The number of amides is 1. The van der Waals surface area contributed by atoms with E-state index in [9.17, 15) is 4.79 Å². The summed E-state index contributed by atoms with van der Waals surface area (Å²) in [6.45, 7) is 4.05. The molecule has 2 fully saturated rings. The molecule has 4 rings (SSSR count). The van der Waals surface area contributed by atoms with E-state index >= 15 is 0 Å². The number of carbonyl (C=O) groups is 1. The van der Waals surface area contributed by atoms with Crippen LogP contribution in [0.2, 0.25) is 0 Å². The van der Waals surface area contributed by atoms with Crippen molar-refractivity contribution < 1.29 is 4.79 Å². The highest BCUT2D eigenvalue weighted by Crippen LogP contribution is 2.38. The Bertz CT molecular complexity index is 708. The second kappa shape index (κ2) is 5.69. The van der Waals surface area contributed by atoms with Gasteiger partial charge in [-0.3, -0.25) is 9.78 Å². The van der Waals surface area contributed by atoms with Gasteiger partial charge in [-0.15, -0.1) is 11.3 Å². The Hall–Kier alpha value is -1.79. The molecule has 0 radical (unpaired) electrons. The van der Waals surface area contributed by atoms with Gasteiger partial charge in [0.1, 0.15) is 5.01 Å². The van der Waals surface area contributed by atoms with Crippen LogP contribution in [0.25, 0.3) is 10.7 Å². The molecule has 0 aliphatic carbocycles. The van der Waals surface area contributed by atoms with Gasteiger partial charge in [0, 0.05) is 43.2 Å². The van der Waals surface area contributed by atoms with Crippen LogP contribution in [0, 0.1) is 5.41 Å². The summed E-state index contributed by atoms with van der Waals surface area (Å²) >= 11 is 1.55. The fraction of sp³-hybridized carbons (Fsp3) is 0.471. The van der Waals surface area contributed by atoms with E-state index in [-0.39, 0.29) is 5.91 Å². The van der Waals surface area contributed by atoms with Crippen molar-refractivity contribution >= 4 is 17.2 Å². The molecule has 1 spiro atoms. The predicted molar refractivity (Wildman–Crippen MR) is 90.2 cm³/mol. The minimum absolute atomic E-state index is 0.203. The van der Waals surface area contributed by atoms with E-state index in [0.29, 0.717) is 11.8 Å². The van der Waals surface area contributed by atoms with Crippen LogP contribution in [-0.4, -0.2) is 58.9 Å². The van der Waals surface area contributed by atoms with E-state index in [2.05, 4.69) is 21.9 Å². The molecule has 120 valence electrons. The number of nitrogens with zero attached hydrogens (tertiary/aromatic N) is 4. The van der Waals surface area contributed by atoms with Crippen molar-refractivity contribution in [2.75, 3.05) is 33.2 Å². The van der Waals surface area contributed by atoms with Crippen molar-refractivity contribution in [3.8, 4) is 10.7 Å². The van der Waals surface area contributed by atoms with Gasteiger partial charge in [-0.1, -0.05) is 6.07 Å². The van der Waals surface area contributed by atoms with Gasteiger partial charge >= 0.3 is 0 Å². The lowest BCUT2D eigenvalue weighted by molar-refractivity contribution is -0.130. The van der Waals surface area contributed by atoms with Crippen molar-refractivity contribution in [1.82, 2.24) is 19.8 Å². The fourth-order valence-corrected chi connectivity index (χ4v) is 4.56. The maximum atomic E-state index is 12.5. The number of pyridine rings is 1. The highest BCUT2D eigenvalue weighted by molar-refractivity contribution is 7.13. The number of carbonyl (C=O) groups excluding carboxylic acids is 1. The number of aromatic nitrogens is 2. The van der Waals surface area contributed by atoms with Crippen LogP contribution in [0.4, 0.5) is 0 Å². The zero-order chi connectivity index (χ0) is 15.9. The van der Waals surface area contributed by atoms with Crippen LogP contribution >= 0.6 is 11.3 Å². The number of hydrogen-bond acceptors (Lipinski definition) is 5. The summed E-state index contributed by atoms with van der Waals surface area (Å²) in [7, 11) is 2.14. The summed E-state index contributed by atoms with van der Waals surface area (Å²) in [6, 6.07) is 5.79. The third-order valence-corrected chi connectivity index (χ3v) is 5.68. The highest BCUT2D eigenvalue weighted by atomic mass is 32.1. The lowest BCUT2D eigenvalue weighted by atomic mass is 9.79. The summed E-state index contributed by atoms with van der Waals surface area (Å²) in [5.74, 6) is 0.203. The molecule has 2 aromatic rings. The molecule has 0 saturated carbocycles. The van der Waals surface area contributed by atoms with Crippen LogP contribution < -0.4 is 0 Å². The monoisotopic (exact) mass is 328 g/mol. The Morgan fingerprint density at radius 2 is 2.22 bits per heavy atom. The van der Waals surface area contributed by atoms with Crippen molar-refractivity contribution in [2.45, 2.75) is 12.8 Å². The summed E-state index contributed by atoms with van der Waals surface area (Å²) < 4.78 is 0. The maximum absolute atomic E-state index is 12.5. The van der Waals surface area contributed by atoms with Gasteiger partial charge in [0.15, 0.2) is 0 Å². The summed E-state index contributed by atoms with van der Waals surface area (Å²) in [6.07, 6.45) is 3.30. The Labute approximate surface area is 140 Å². The third-order valence-electron chi connectivity index (χ3n) is 4.77. The molecule has 2 aliphatic rings. The normalized spacial score (nSPS) is 20.0. The molecule has 2 aliphatic heterocycles. The Kier molecular flexibility index (Phi) is 3.66. The molecule has 5 nitrogen and oxygen atoms in total. The molecule has 0 aromatic carbocycles. The molecule has 0 N–H and O–H groups in total. The molecule has 0 atom stereocenters. The van der Waals surface area contributed by atoms with Crippen LogP contribution in [0.1, 0.15) is 12.1 Å². The average Bonchev–Trinajstić information content (AvgIpc) is 3.15. The summed E-state index contributed by atoms with van der Waals surface area (Å²) in [5, 5.41) is 2.86. The fourth-order valence-electron chi connectivity index (χ4n) is 3.77. The van der Waals surface area contributed by atoms with E-state index in [1.54, 1.807) is 17.5 Å². The first-order valence-corrected chi connectivity index (χ1v) is 8.84. The largest absolute Gasteiger partial charge is 0.342 e. The molecule has 23 heavy (non-hydrogen) atoms. The van der Waals surface area contributed by atoms with Crippen LogP contribution in [0.15, 0.2) is 29.8 Å². The molecule has 0 unspecified atom stereocenters. The van der Waals surface area contributed by atoms with E-state index in [1.165, 1.54) is 0 Å². The van der Waals surface area contributed by atoms with Gasteiger partial charge < -0.3 is 9.80 Å². The molecular weight excluding hydrogens is 308 g/mol. The van der Waals surface area contributed by atoms with Crippen molar-refractivity contribution in [3.63, 3.8) is 0 Å². The standard InChI is InChI=1S/C17H20N4OS/c1-20-10-17(11-20)5-7-21(12-17)15(22)8-13-9-23-16(19-13)14-4-2-3-6-18-14/h2-4,6,9H,5,7-8,10-12H2,1H3. The van der Waals surface area contributed by atoms with Crippen molar-refractivity contribution in [2.24, 2.45) is 5.41 Å². The lowest BCUT2D eigenvalue weighted by Crippen LogP contribution is -2.55. The van der Waals surface area contributed by atoms with E-state index in [4.69, 9.17) is 0 Å². The average molecular weight is 328 g/mol. The zero-order valence-electron chi connectivity index (χ0n) is 13.2. The minimum atomic E-state index is 0.203. The SMILES string of the molecule is CN1CC2(CCN(C(=O)Cc3csc(-c4ccccn4)n3)C2)C1. The lowest BCUT2D eigenvalue weighted by Gasteiger charge is -2.46. The van der Waals surface area contributed by atoms with Gasteiger partial charge in [0.2, 0.25) is 5.91 Å². The second-order valence-corrected chi connectivity index (χ2v) is 7.63. The molecule has 1 amide bonds. The van der Waals surface area contributed by atoms with Gasteiger partial charge in [-0.2, -0.15) is 0 Å². The quantitative estimate of drug-likeness (QED) is 0.864. The van der Waals surface area contributed by atoms with Crippen molar-refractivity contribution in [3.05, 3.63) is 35.5 Å². The molecule has 2 saturated heterocycles. The molecule has 0 bridgehead atoms. The smallest absolute Gasteiger partial charge is 0.228 e. The zero-order valence-corrected chi connectivity index (χ0v) is 14.1.